The van der Waals surface area contributed by atoms with E-state index in [1.165, 1.54) is 12.8 Å². The minimum atomic E-state index is -2.12. The maximum absolute atomic E-state index is 12.5. The van der Waals surface area contributed by atoms with Crippen LogP contribution in [0.3, 0.4) is 0 Å². The largest absolute Gasteiger partial charge is 0.456 e. The average Bonchev–Trinajstić information content (AvgIpc) is 2.93. The van der Waals surface area contributed by atoms with Crippen molar-refractivity contribution in [1.82, 2.24) is 0 Å². The van der Waals surface area contributed by atoms with Crippen LogP contribution < -0.4 is 0 Å². The molecular formula is C32H52O5Si. The van der Waals surface area contributed by atoms with Gasteiger partial charge in [-0.25, -0.2) is 4.79 Å². The first-order chi connectivity index (χ1) is 17.6. The van der Waals surface area contributed by atoms with E-state index in [1.807, 2.05) is 0 Å². The third kappa shape index (κ3) is 4.16. The zero-order valence-corrected chi connectivity index (χ0v) is 26.1. The van der Waals surface area contributed by atoms with Gasteiger partial charge in [0.05, 0.1) is 24.4 Å². The highest BCUT2D eigenvalue weighted by atomic mass is 28.4. The molecule has 2 N–H and O–H groups in total. The van der Waals surface area contributed by atoms with Crippen LogP contribution in [0.1, 0.15) is 92.9 Å². The maximum Gasteiger partial charge on any atom is 0.384 e. The number of aliphatic hydroxyl groups excluding tert-OH is 1. The zero-order valence-electron chi connectivity index (χ0n) is 25.1. The maximum atomic E-state index is 12.5. The lowest BCUT2D eigenvalue weighted by Gasteiger charge is -2.65. The predicted octanol–water partition coefficient (Wildman–Crippen LogP) is 5.93. The molecule has 6 heteroatoms. The van der Waals surface area contributed by atoms with Gasteiger partial charge in [0.1, 0.15) is 0 Å². The molecule has 5 aliphatic carbocycles. The first-order valence-corrected chi connectivity index (χ1v) is 18.3. The standard InChI is InChI=1S/C32H52O5Si/c1-9-36-26(33)13-10-20-18-31(6)24-15-16-30(5)27(21-11-12-22(21)28(30)34)23(24)14-17-32(31,35)19-25(20)37-38(7,8)29(2,3)4/h20-25,27-28,34-35H,9,11-12,14-19H2,1-8H3/t20?,21-,22+,23-,24+,25-,27+,28-,30+,31-,32+/m1/s1. The summed E-state index contributed by atoms with van der Waals surface area (Å²) < 4.78 is 12.1. The smallest absolute Gasteiger partial charge is 0.384 e. The highest BCUT2D eigenvalue weighted by Crippen LogP contribution is 2.72. The molecule has 5 fully saturated rings. The number of fused-ring (bicyclic) bond motifs is 7. The Labute approximate surface area is 232 Å². The van der Waals surface area contributed by atoms with Gasteiger partial charge in [-0.15, -0.1) is 0 Å². The number of hydrogen-bond acceptors (Lipinski definition) is 5. The molecule has 5 rings (SSSR count). The number of rotatable bonds is 3. The number of carbonyl (C=O) groups excluding carboxylic acids is 1. The summed E-state index contributed by atoms with van der Waals surface area (Å²) in [6.45, 7) is 18.1. The molecule has 11 atom stereocenters. The van der Waals surface area contributed by atoms with Gasteiger partial charge in [0.2, 0.25) is 0 Å². The second-order valence-corrected chi connectivity index (χ2v) is 20.4. The van der Waals surface area contributed by atoms with Gasteiger partial charge in [0, 0.05) is 23.7 Å². The van der Waals surface area contributed by atoms with E-state index in [4.69, 9.17) is 9.16 Å². The molecule has 5 aliphatic rings. The lowest BCUT2D eigenvalue weighted by atomic mass is 9.42. The Morgan fingerprint density at radius 3 is 2.32 bits per heavy atom. The first kappa shape index (κ1) is 28.6. The van der Waals surface area contributed by atoms with Crippen LogP contribution in [-0.4, -0.2) is 48.9 Å². The van der Waals surface area contributed by atoms with Crippen molar-refractivity contribution in [3.05, 3.63) is 0 Å². The SMILES string of the molecule is CCOC(=O)C#CC1C[C@]2(C)[C@H]3CC[C@@]4(C)[C@@H]([C@@H]5CC[C@@H]5[C@H]4O)[C@@H]3CC[C@]2(O)C[C@H]1O[Si](C)(C)C(C)(C)C. The monoisotopic (exact) mass is 544 g/mol. The zero-order chi connectivity index (χ0) is 27.9. The molecule has 38 heavy (non-hydrogen) atoms. The Kier molecular flexibility index (Phi) is 7.03. The van der Waals surface area contributed by atoms with E-state index in [0.717, 1.165) is 32.1 Å². The Bertz CT molecular complexity index is 1010. The van der Waals surface area contributed by atoms with Crippen LogP contribution in [0.2, 0.25) is 18.1 Å². The summed E-state index contributed by atoms with van der Waals surface area (Å²) in [5.41, 5.74) is -1.07. The van der Waals surface area contributed by atoms with Gasteiger partial charge in [0.25, 0.3) is 0 Å². The molecule has 0 aliphatic heterocycles. The molecule has 5 nitrogen and oxygen atoms in total. The van der Waals surface area contributed by atoms with Crippen molar-refractivity contribution in [2.24, 2.45) is 46.3 Å². The van der Waals surface area contributed by atoms with Crippen LogP contribution in [0.4, 0.5) is 0 Å². The van der Waals surface area contributed by atoms with E-state index in [9.17, 15) is 15.0 Å². The molecule has 214 valence electrons. The number of aliphatic hydroxyl groups is 2. The van der Waals surface area contributed by atoms with Crippen molar-refractivity contribution in [2.75, 3.05) is 6.61 Å². The second kappa shape index (κ2) is 9.33. The Hall–Kier alpha value is -0.873. The second-order valence-electron chi connectivity index (χ2n) is 15.6. The van der Waals surface area contributed by atoms with E-state index in [0.29, 0.717) is 42.6 Å². The van der Waals surface area contributed by atoms with Crippen molar-refractivity contribution >= 4 is 14.3 Å². The van der Waals surface area contributed by atoms with Gasteiger partial charge >= 0.3 is 5.97 Å². The molecule has 0 radical (unpaired) electrons. The Morgan fingerprint density at radius 2 is 1.71 bits per heavy atom. The Balaban J connectivity index is 1.48. The van der Waals surface area contributed by atoms with Gasteiger partial charge in [-0.05, 0) is 105 Å². The Morgan fingerprint density at radius 1 is 1.03 bits per heavy atom. The summed E-state index contributed by atoms with van der Waals surface area (Å²) >= 11 is 0. The lowest BCUT2D eigenvalue weighted by Crippen LogP contribution is -2.65. The minimum absolute atomic E-state index is 0.0184. The molecule has 0 amide bonds. The molecule has 0 saturated heterocycles. The van der Waals surface area contributed by atoms with Gasteiger partial charge < -0.3 is 19.4 Å². The molecule has 0 bridgehead atoms. The molecule has 0 aromatic heterocycles. The van der Waals surface area contributed by atoms with Crippen LogP contribution in [0.25, 0.3) is 0 Å². The van der Waals surface area contributed by atoms with Gasteiger partial charge in [0.15, 0.2) is 8.32 Å². The summed E-state index contributed by atoms with van der Waals surface area (Å²) in [5, 5.41) is 23.8. The number of hydrogen-bond donors (Lipinski definition) is 2. The molecule has 0 aromatic rings. The van der Waals surface area contributed by atoms with Crippen LogP contribution in [0, 0.1) is 58.2 Å². The van der Waals surface area contributed by atoms with E-state index in [-0.39, 0.29) is 34.0 Å². The van der Waals surface area contributed by atoms with Crippen LogP contribution in [0.5, 0.6) is 0 Å². The fourth-order valence-electron chi connectivity index (χ4n) is 9.71. The third-order valence-corrected chi connectivity index (χ3v) is 17.5. The lowest BCUT2D eigenvalue weighted by molar-refractivity contribution is -0.229. The molecular weight excluding hydrogens is 492 g/mol. The molecule has 0 aromatic carbocycles. The average molecular weight is 545 g/mol. The number of carbonyl (C=O) groups is 1. The third-order valence-electron chi connectivity index (χ3n) is 13.0. The molecule has 1 unspecified atom stereocenters. The highest BCUT2D eigenvalue weighted by Gasteiger charge is 2.70. The molecule has 0 heterocycles. The van der Waals surface area contributed by atoms with E-state index >= 15 is 0 Å². The minimum Gasteiger partial charge on any atom is -0.456 e. The number of esters is 1. The summed E-state index contributed by atoms with van der Waals surface area (Å²) in [5.74, 6) is 8.14. The molecule has 5 saturated carbocycles. The van der Waals surface area contributed by atoms with Crippen molar-refractivity contribution in [3.63, 3.8) is 0 Å². The van der Waals surface area contributed by atoms with Crippen molar-refractivity contribution in [2.45, 2.75) is 129 Å². The van der Waals surface area contributed by atoms with Gasteiger partial charge in [-0.1, -0.05) is 40.5 Å². The normalized spacial score (nSPS) is 47.8. The van der Waals surface area contributed by atoms with E-state index < -0.39 is 19.9 Å². The van der Waals surface area contributed by atoms with Crippen molar-refractivity contribution < 1.29 is 24.2 Å². The summed E-state index contributed by atoms with van der Waals surface area (Å²) in [6.07, 6.45) is 7.33. The van der Waals surface area contributed by atoms with Crippen molar-refractivity contribution in [1.29, 1.82) is 0 Å². The fourth-order valence-corrected chi connectivity index (χ4v) is 11.1. The molecule has 0 spiro atoms. The van der Waals surface area contributed by atoms with Crippen LogP contribution >= 0.6 is 0 Å². The fraction of sp³-hybridized carbons (Fsp3) is 0.906. The predicted molar refractivity (Wildman–Crippen MR) is 152 cm³/mol. The summed E-state index contributed by atoms with van der Waals surface area (Å²) in [7, 11) is -2.12. The van der Waals surface area contributed by atoms with Gasteiger partial charge in [-0.2, -0.15) is 0 Å². The van der Waals surface area contributed by atoms with Crippen LogP contribution in [-0.2, 0) is 14.0 Å². The van der Waals surface area contributed by atoms with Crippen molar-refractivity contribution in [3.8, 4) is 11.8 Å². The quantitative estimate of drug-likeness (QED) is 0.199. The summed E-state index contributed by atoms with van der Waals surface area (Å²) in [4.78, 5) is 12.3. The highest BCUT2D eigenvalue weighted by molar-refractivity contribution is 6.74. The topological polar surface area (TPSA) is 76.0 Å². The number of ether oxygens (including phenoxy) is 1. The first-order valence-electron chi connectivity index (χ1n) is 15.3. The van der Waals surface area contributed by atoms with E-state index in [1.54, 1.807) is 6.92 Å². The van der Waals surface area contributed by atoms with E-state index in [2.05, 4.69) is 59.6 Å². The van der Waals surface area contributed by atoms with Crippen LogP contribution in [0.15, 0.2) is 0 Å². The summed E-state index contributed by atoms with van der Waals surface area (Å²) in [6, 6.07) is 0. The van der Waals surface area contributed by atoms with Gasteiger partial charge in [-0.3, -0.25) is 0 Å².